The molecule has 0 spiro atoms. The molecule has 3 nitrogen and oxygen atoms in total. The summed E-state index contributed by atoms with van der Waals surface area (Å²) in [6.07, 6.45) is 1.99. The highest BCUT2D eigenvalue weighted by Crippen LogP contribution is 2.26. The molecule has 0 aliphatic carbocycles. The number of nitrogens with zero attached hydrogens (tertiary/aromatic N) is 1. The number of carbonyl (C=O) groups is 1. The summed E-state index contributed by atoms with van der Waals surface area (Å²) in [5.74, 6) is -0.893. The first-order valence-corrected chi connectivity index (χ1v) is 7.36. The molecule has 0 fully saturated rings. The maximum absolute atomic E-state index is 10.9. The molecule has 0 saturated heterocycles. The zero-order chi connectivity index (χ0) is 13.4. The van der Waals surface area contributed by atoms with Crippen LogP contribution >= 0.6 is 27.3 Å². The van der Waals surface area contributed by atoms with Crippen molar-refractivity contribution in [1.82, 2.24) is 4.57 Å². The lowest BCUT2D eigenvalue weighted by Gasteiger charge is -2.04. The number of fused-ring (bicyclic) bond motifs is 1. The van der Waals surface area contributed by atoms with Gasteiger partial charge in [-0.3, -0.25) is 0 Å². The number of benzene rings is 1. The average molecular weight is 336 g/mol. The molecule has 0 bridgehead atoms. The van der Waals surface area contributed by atoms with Crippen molar-refractivity contribution < 1.29 is 9.90 Å². The number of thiophene rings is 1. The van der Waals surface area contributed by atoms with Crippen molar-refractivity contribution in [3.8, 4) is 0 Å². The third-order valence-corrected chi connectivity index (χ3v) is 4.93. The Morgan fingerprint density at radius 1 is 1.32 bits per heavy atom. The fraction of sp³-hybridized carbons (Fsp3) is 0.0714. The summed E-state index contributed by atoms with van der Waals surface area (Å²) in [6.45, 7) is 0.786. The number of aromatic nitrogens is 1. The van der Waals surface area contributed by atoms with Crippen LogP contribution < -0.4 is 0 Å². The predicted octanol–water partition coefficient (Wildman–Crippen LogP) is 4.21. The number of carboxylic acids is 1. The molecule has 1 N–H and O–H groups in total. The Balaban J connectivity index is 2.02. The van der Waals surface area contributed by atoms with E-state index in [9.17, 15) is 4.79 Å². The second-order valence-corrected chi connectivity index (χ2v) is 6.07. The first kappa shape index (κ1) is 12.4. The third kappa shape index (κ3) is 2.31. The van der Waals surface area contributed by atoms with Crippen LogP contribution in [0.15, 0.2) is 46.4 Å². The molecule has 3 rings (SSSR count). The van der Waals surface area contributed by atoms with Crippen molar-refractivity contribution in [2.45, 2.75) is 6.54 Å². The molecule has 2 aromatic heterocycles. The summed E-state index contributed by atoms with van der Waals surface area (Å²) in [6, 6.07) is 9.19. The molecule has 0 aliphatic heterocycles. The summed E-state index contributed by atoms with van der Waals surface area (Å²) in [5, 5.41) is 12.0. The van der Waals surface area contributed by atoms with Crippen LogP contribution in [0, 0.1) is 0 Å². The van der Waals surface area contributed by atoms with Crippen LogP contribution in [0.5, 0.6) is 0 Å². The van der Waals surface area contributed by atoms with Gasteiger partial charge in [0.2, 0.25) is 0 Å². The van der Waals surface area contributed by atoms with E-state index >= 15 is 0 Å². The Morgan fingerprint density at radius 2 is 2.16 bits per heavy atom. The van der Waals surface area contributed by atoms with Gasteiger partial charge in [-0.05, 0) is 51.6 Å². The van der Waals surface area contributed by atoms with Crippen molar-refractivity contribution >= 4 is 44.1 Å². The van der Waals surface area contributed by atoms with Crippen molar-refractivity contribution in [3.05, 3.63) is 56.8 Å². The summed E-state index contributed by atoms with van der Waals surface area (Å²) in [4.78, 5) is 12.2. The third-order valence-electron chi connectivity index (χ3n) is 3.02. The summed E-state index contributed by atoms with van der Waals surface area (Å²) in [5.41, 5.74) is 1.37. The number of hydrogen-bond acceptors (Lipinski definition) is 2. The lowest BCUT2D eigenvalue weighted by atomic mass is 10.1. The highest BCUT2D eigenvalue weighted by molar-refractivity contribution is 9.10. The molecular weight excluding hydrogens is 326 g/mol. The van der Waals surface area contributed by atoms with E-state index in [-0.39, 0.29) is 0 Å². The van der Waals surface area contributed by atoms with Gasteiger partial charge in [-0.25, -0.2) is 4.79 Å². The van der Waals surface area contributed by atoms with Crippen LogP contribution in [0.25, 0.3) is 10.9 Å². The van der Waals surface area contributed by atoms with E-state index in [0.29, 0.717) is 5.56 Å². The largest absolute Gasteiger partial charge is 0.478 e. The van der Waals surface area contributed by atoms with E-state index in [0.717, 1.165) is 21.9 Å². The Labute approximate surface area is 122 Å². The van der Waals surface area contributed by atoms with Crippen LogP contribution in [0.1, 0.15) is 15.2 Å². The van der Waals surface area contributed by atoms with Gasteiger partial charge in [0, 0.05) is 26.4 Å². The molecule has 0 saturated carbocycles. The Kier molecular flexibility index (Phi) is 3.16. The van der Waals surface area contributed by atoms with Gasteiger partial charge in [0.15, 0.2) is 0 Å². The van der Waals surface area contributed by atoms with Gasteiger partial charge < -0.3 is 9.67 Å². The van der Waals surface area contributed by atoms with Crippen LogP contribution in [0.4, 0.5) is 0 Å². The zero-order valence-corrected chi connectivity index (χ0v) is 12.2. The molecule has 0 aliphatic rings. The van der Waals surface area contributed by atoms with Gasteiger partial charge in [-0.2, -0.15) is 0 Å². The molecular formula is C14H10BrNO2S. The van der Waals surface area contributed by atoms with Crippen LogP contribution in [-0.2, 0) is 6.54 Å². The fourth-order valence-corrected chi connectivity index (χ4v) is 3.54. The molecule has 0 unspecified atom stereocenters. The van der Waals surface area contributed by atoms with E-state index in [2.05, 4.69) is 20.5 Å². The Hall–Kier alpha value is -1.59. The molecule has 0 radical (unpaired) electrons. The lowest BCUT2D eigenvalue weighted by Crippen LogP contribution is -1.98. The Bertz CT molecular complexity index is 760. The van der Waals surface area contributed by atoms with E-state index in [1.165, 1.54) is 4.88 Å². The maximum atomic E-state index is 10.9. The maximum Gasteiger partial charge on any atom is 0.335 e. The topological polar surface area (TPSA) is 42.2 Å². The number of rotatable bonds is 3. The number of hydrogen-bond donors (Lipinski definition) is 1. The SMILES string of the molecule is O=C(O)c1ccc2c(ccn2Cc2sccc2Br)c1. The number of halogens is 1. The quantitative estimate of drug-likeness (QED) is 0.778. The van der Waals surface area contributed by atoms with Crippen LogP contribution in [0.2, 0.25) is 0 Å². The van der Waals surface area contributed by atoms with Gasteiger partial charge in [0.1, 0.15) is 0 Å². The molecule has 5 heteroatoms. The number of aromatic carboxylic acids is 1. The molecule has 0 amide bonds. The second-order valence-electron chi connectivity index (χ2n) is 4.21. The normalized spacial score (nSPS) is 11.0. The van der Waals surface area contributed by atoms with Crippen molar-refractivity contribution in [1.29, 1.82) is 0 Å². The molecule has 96 valence electrons. The minimum Gasteiger partial charge on any atom is -0.478 e. The van der Waals surface area contributed by atoms with Crippen LogP contribution in [-0.4, -0.2) is 15.6 Å². The van der Waals surface area contributed by atoms with Gasteiger partial charge in [0.25, 0.3) is 0 Å². The zero-order valence-electron chi connectivity index (χ0n) is 9.84. The first-order chi connectivity index (χ1) is 9.15. The second kappa shape index (κ2) is 4.83. The van der Waals surface area contributed by atoms with Gasteiger partial charge in [-0.15, -0.1) is 11.3 Å². The first-order valence-electron chi connectivity index (χ1n) is 5.69. The molecule has 3 aromatic rings. The van der Waals surface area contributed by atoms with E-state index < -0.39 is 5.97 Å². The number of carboxylic acid groups (broad SMARTS) is 1. The van der Waals surface area contributed by atoms with Crippen LogP contribution in [0.3, 0.4) is 0 Å². The van der Waals surface area contributed by atoms with Gasteiger partial charge in [-0.1, -0.05) is 0 Å². The van der Waals surface area contributed by atoms with Gasteiger partial charge >= 0.3 is 5.97 Å². The van der Waals surface area contributed by atoms with E-state index in [4.69, 9.17) is 5.11 Å². The van der Waals surface area contributed by atoms with Crippen molar-refractivity contribution in [3.63, 3.8) is 0 Å². The summed E-state index contributed by atoms with van der Waals surface area (Å²) in [7, 11) is 0. The standard InChI is InChI=1S/C14H10BrNO2S/c15-11-4-6-19-13(11)8-16-5-3-9-7-10(14(17)18)1-2-12(9)16/h1-7H,8H2,(H,17,18). The molecule has 2 heterocycles. The monoisotopic (exact) mass is 335 g/mol. The van der Waals surface area contributed by atoms with Gasteiger partial charge in [0.05, 0.1) is 12.1 Å². The highest BCUT2D eigenvalue weighted by Gasteiger charge is 2.08. The smallest absolute Gasteiger partial charge is 0.335 e. The van der Waals surface area contributed by atoms with Crippen molar-refractivity contribution in [2.75, 3.05) is 0 Å². The minimum atomic E-state index is -0.893. The molecule has 0 atom stereocenters. The summed E-state index contributed by atoms with van der Waals surface area (Å²) < 4.78 is 3.24. The average Bonchev–Trinajstić information content (AvgIpc) is 2.97. The highest BCUT2D eigenvalue weighted by atomic mass is 79.9. The Morgan fingerprint density at radius 3 is 2.84 bits per heavy atom. The van der Waals surface area contributed by atoms with E-state index in [1.807, 2.05) is 29.8 Å². The fourth-order valence-electron chi connectivity index (χ4n) is 2.06. The lowest BCUT2D eigenvalue weighted by molar-refractivity contribution is 0.0697. The predicted molar refractivity (Wildman–Crippen MR) is 80.0 cm³/mol. The summed E-state index contributed by atoms with van der Waals surface area (Å²) >= 11 is 5.23. The minimum absolute atomic E-state index is 0.322. The van der Waals surface area contributed by atoms with E-state index in [1.54, 1.807) is 23.5 Å². The molecule has 19 heavy (non-hydrogen) atoms. The molecule has 1 aromatic carbocycles. The van der Waals surface area contributed by atoms with Crippen molar-refractivity contribution in [2.24, 2.45) is 0 Å².